The maximum atomic E-state index is 5.47. The highest BCUT2D eigenvalue weighted by Gasteiger charge is 2.08. The van der Waals surface area contributed by atoms with Crippen molar-refractivity contribution in [3.05, 3.63) is 35.4 Å². The van der Waals surface area contributed by atoms with Crippen LogP contribution in [0, 0.1) is 11.8 Å². The van der Waals surface area contributed by atoms with E-state index in [4.69, 9.17) is 5.73 Å². The Morgan fingerprint density at radius 1 is 1.10 bits per heavy atom. The molecule has 0 radical (unpaired) electrons. The smallest absolute Gasteiger partial charge is 0.0555 e. The van der Waals surface area contributed by atoms with Crippen LogP contribution >= 0.6 is 0 Å². The molecule has 0 aliphatic carbocycles. The third-order valence-corrected chi connectivity index (χ3v) is 3.14. The van der Waals surface area contributed by atoms with Gasteiger partial charge in [0.1, 0.15) is 0 Å². The first kappa shape index (κ1) is 16.7. The highest BCUT2D eigenvalue weighted by atomic mass is 15.2. The molecule has 2 N–H and O–H groups in total. The van der Waals surface area contributed by atoms with E-state index in [2.05, 4.69) is 60.9 Å². The average Bonchev–Trinajstić information content (AvgIpc) is 2.44. The van der Waals surface area contributed by atoms with Crippen molar-refractivity contribution in [2.45, 2.75) is 19.9 Å². The fraction of sp³-hybridized carbons (Fsp3) is 0.529. The van der Waals surface area contributed by atoms with Crippen molar-refractivity contribution in [2.24, 2.45) is 5.73 Å². The van der Waals surface area contributed by atoms with E-state index in [-0.39, 0.29) is 0 Å². The van der Waals surface area contributed by atoms with Gasteiger partial charge in [0.15, 0.2) is 0 Å². The molecule has 0 saturated heterocycles. The molecule has 0 spiro atoms. The van der Waals surface area contributed by atoms with Crippen LogP contribution in [0.25, 0.3) is 0 Å². The maximum absolute atomic E-state index is 5.47. The molecule has 0 saturated carbocycles. The number of hydrogen-bond acceptors (Lipinski definition) is 3. The van der Waals surface area contributed by atoms with Crippen LogP contribution in [-0.2, 0) is 6.54 Å². The van der Waals surface area contributed by atoms with E-state index in [1.54, 1.807) is 0 Å². The minimum Gasteiger partial charge on any atom is -0.320 e. The fourth-order valence-corrected chi connectivity index (χ4v) is 2.09. The van der Waals surface area contributed by atoms with Gasteiger partial charge < -0.3 is 10.6 Å². The monoisotopic (exact) mass is 273 g/mol. The zero-order valence-corrected chi connectivity index (χ0v) is 13.0. The summed E-state index contributed by atoms with van der Waals surface area (Å²) in [6.07, 6.45) is 1.17. The molecular weight excluding hydrogens is 246 g/mol. The average molecular weight is 273 g/mol. The van der Waals surface area contributed by atoms with E-state index >= 15 is 0 Å². The van der Waals surface area contributed by atoms with Crippen molar-refractivity contribution in [1.29, 1.82) is 0 Å². The largest absolute Gasteiger partial charge is 0.320 e. The van der Waals surface area contributed by atoms with Gasteiger partial charge in [-0.3, -0.25) is 4.90 Å². The lowest BCUT2D eigenvalue weighted by molar-refractivity contribution is 0.234. The van der Waals surface area contributed by atoms with Crippen molar-refractivity contribution in [2.75, 3.05) is 40.3 Å². The molecule has 0 bridgehead atoms. The summed E-state index contributed by atoms with van der Waals surface area (Å²) in [4.78, 5) is 4.71. The van der Waals surface area contributed by atoms with Crippen LogP contribution in [0.1, 0.15) is 24.5 Å². The highest BCUT2D eigenvalue weighted by molar-refractivity contribution is 5.41. The SMILES string of the molecule is CCCN(CCN(C)C)Cc1ccccc1C#CCN. The zero-order valence-electron chi connectivity index (χ0n) is 13.0. The second-order valence-electron chi connectivity index (χ2n) is 5.24. The second-order valence-corrected chi connectivity index (χ2v) is 5.24. The lowest BCUT2D eigenvalue weighted by Gasteiger charge is -2.24. The first-order chi connectivity index (χ1) is 9.67. The predicted molar refractivity (Wildman–Crippen MR) is 86.5 cm³/mol. The van der Waals surface area contributed by atoms with Crippen LogP contribution in [0.15, 0.2) is 24.3 Å². The fourth-order valence-electron chi connectivity index (χ4n) is 2.09. The Balaban J connectivity index is 2.76. The van der Waals surface area contributed by atoms with Gasteiger partial charge in [-0.25, -0.2) is 0 Å². The number of nitrogens with zero attached hydrogens (tertiary/aromatic N) is 2. The van der Waals surface area contributed by atoms with E-state index < -0.39 is 0 Å². The van der Waals surface area contributed by atoms with Crippen LogP contribution in [0.3, 0.4) is 0 Å². The molecule has 3 heteroatoms. The van der Waals surface area contributed by atoms with Crippen molar-refractivity contribution >= 4 is 0 Å². The number of hydrogen-bond donors (Lipinski definition) is 1. The van der Waals surface area contributed by atoms with Crippen LogP contribution < -0.4 is 5.73 Å². The summed E-state index contributed by atoms with van der Waals surface area (Å²) in [7, 11) is 4.23. The summed E-state index contributed by atoms with van der Waals surface area (Å²) in [5.41, 5.74) is 7.86. The van der Waals surface area contributed by atoms with Crippen molar-refractivity contribution in [3.8, 4) is 11.8 Å². The van der Waals surface area contributed by atoms with E-state index in [0.717, 1.165) is 31.7 Å². The first-order valence-electron chi connectivity index (χ1n) is 7.31. The lowest BCUT2D eigenvalue weighted by Crippen LogP contribution is -2.32. The van der Waals surface area contributed by atoms with Gasteiger partial charge in [0.25, 0.3) is 0 Å². The van der Waals surface area contributed by atoms with Crippen LogP contribution in [0.5, 0.6) is 0 Å². The van der Waals surface area contributed by atoms with Crippen LogP contribution in [-0.4, -0.2) is 50.1 Å². The van der Waals surface area contributed by atoms with E-state index in [1.807, 2.05) is 6.07 Å². The second kappa shape index (κ2) is 9.55. The lowest BCUT2D eigenvalue weighted by atomic mass is 10.1. The Bertz CT molecular complexity index is 443. The zero-order chi connectivity index (χ0) is 14.8. The van der Waals surface area contributed by atoms with Crippen molar-refractivity contribution in [1.82, 2.24) is 9.80 Å². The molecule has 1 aromatic carbocycles. The molecule has 0 aliphatic rings. The highest BCUT2D eigenvalue weighted by Crippen LogP contribution is 2.11. The summed E-state index contributed by atoms with van der Waals surface area (Å²) in [5.74, 6) is 6.12. The molecule has 3 nitrogen and oxygen atoms in total. The minimum atomic E-state index is 0.410. The Labute approximate surface area is 123 Å². The first-order valence-corrected chi connectivity index (χ1v) is 7.31. The van der Waals surface area contributed by atoms with E-state index in [1.165, 1.54) is 12.0 Å². The molecule has 0 aliphatic heterocycles. The summed E-state index contributed by atoms with van der Waals surface area (Å²) >= 11 is 0. The van der Waals surface area contributed by atoms with Gasteiger partial charge in [-0.15, -0.1) is 0 Å². The van der Waals surface area contributed by atoms with Gasteiger partial charge in [-0.05, 0) is 38.7 Å². The predicted octanol–water partition coefficient (Wildman–Crippen LogP) is 1.77. The summed E-state index contributed by atoms with van der Waals surface area (Å²) in [5, 5.41) is 0. The topological polar surface area (TPSA) is 32.5 Å². The Hall–Kier alpha value is -1.34. The number of likely N-dealkylation sites (N-methyl/N-ethyl adjacent to an activating group) is 1. The number of benzene rings is 1. The standard InChI is InChI=1S/C17H27N3/c1-4-12-20(14-13-19(2)3)15-17-9-6-5-8-16(17)10-7-11-18/h5-6,8-9H,4,11-15,18H2,1-3H3. The van der Waals surface area contributed by atoms with Gasteiger partial charge in [0.05, 0.1) is 6.54 Å². The molecule has 20 heavy (non-hydrogen) atoms. The Morgan fingerprint density at radius 2 is 1.85 bits per heavy atom. The maximum Gasteiger partial charge on any atom is 0.0555 e. The molecule has 0 fully saturated rings. The third-order valence-electron chi connectivity index (χ3n) is 3.14. The quantitative estimate of drug-likeness (QED) is 0.769. The molecular formula is C17H27N3. The normalized spacial score (nSPS) is 10.7. The van der Waals surface area contributed by atoms with E-state index in [9.17, 15) is 0 Å². The molecule has 0 amide bonds. The van der Waals surface area contributed by atoms with Gasteiger partial charge in [-0.2, -0.15) is 0 Å². The molecule has 1 rings (SSSR count). The summed E-state index contributed by atoms with van der Waals surface area (Å²) < 4.78 is 0. The van der Waals surface area contributed by atoms with Gasteiger partial charge in [-0.1, -0.05) is 37.0 Å². The molecule has 0 atom stereocenters. The number of rotatable bonds is 7. The number of nitrogens with two attached hydrogens (primary N) is 1. The van der Waals surface area contributed by atoms with E-state index in [0.29, 0.717) is 6.54 Å². The van der Waals surface area contributed by atoms with Gasteiger partial charge in [0.2, 0.25) is 0 Å². The Morgan fingerprint density at radius 3 is 2.50 bits per heavy atom. The van der Waals surface area contributed by atoms with Crippen molar-refractivity contribution < 1.29 is 0 Å². The molecule has 1 aromatic rings. The molecule has 0 heterocycles. The molecule has 0 unspecified atom stereocenters. The van der Waals surface area contributed by atoms with Gasteiger partial charge >= 0.3 is 0 Å². The Kier molecular flexibility index (Phi) is 7.98. The molecule has 110 valence electrons. The minimum absolute atomic E-state index is 0.410. The van der Waals surface area contributed by atoms with Crippen LogP contribution in [0.2, 0.25) is 0 Å². The summed E-state index contributed by atoms with van der Waals surface area (Å²) in [6, 6.07) is 8.36. The van der Waals surface area contributed by atoms with Gasteiger partial charge in [0, 0.05) is 25.2 Å². The third kappa shape index (κ3) is 6.21. The van der Waals surface area contributed by atoms with Crippen molar-refractivity contribution in [3.63, 3.8) is 0 Å². The molecule has 0 aromatic heterocycles. The summed E-state index contributed by atoms with van der Waals surface area (Å²) in [6.45, 7) is 6.87. The van der Waals surface area contributed by atoms with Crippen LogP contribution in [0.4, 0.5) is 0 Å².